The van der Waals surface area contributed by atoms with Crippen LogP contribution in [0.2, 0.25) is 5.02 Å². The van der Waals surface area contributed by atoms with Crippen molar-refractivity contribution in [2.45, 2.75) is 18.5 Å². The van der Waals surface area contributed by atoms with E-state index in [0.29, 0.717) is 26.8 Å². The van der Waals surface area contributed by atoms with E-state index in [9.17, 15) is 9.59 Å². The second-order valence-corrected chi connectivity index (χ2v) is 8.99. The summed E-state index contributed by atoms with van der Waals surface area (Å²) >= 11 is 7.33. The highest BCUT2D eigenvalue weighted by molar-refractivity contribution is 7.99. The number of fused-ring (bicyclic) bond motifs is 1. The summed E-state index contributed by atoms with van der Waals surface area (Å²) in [6.45, 7) is 2.23. The van der Waals surface area contributed by atoms with Crippen molar-refractivity contribution in [3.63, 3.8) is 0 Å². The first-order valence-electron chi connectivity index (χ1n) is 10.6. The number of thioether (sulfide) groups is 1. The Balaban J connectivity index is 1.73. The number of carbonyl (C=O) groups is 1. The van der Waals surface area contributed by atoms with Gasteiger partial charge >= 0.3 is 0 Å². The number of hydrogen-bond acceptors (Lipinski definition) is 5. The summed E-state index contributed by atoms with van der Waals surface area (Å²) in [5.41, 5.74) is 2.64. The Morgan fingerprint density at radius 3 is 2.65 bits per heavy atom. The van der Waals surface area contributed by atoms with E-state index in [2.05, 4.69) is 11.1 Å². The van der Waals surface area contributed by atoms with Gasteiger partial charge in [-0.1, -0.05) is 53.7 Å². The maximum absolute atomic E-state index is 13.4. The maximum atomic E-state index is 13.4. The van der Waals surface area contributed by atoms with E-state index in [4.69, 9.17) is 16.9 Å². The smallest absolute Gasteiger partial charge is 0.266 e. The molecule has 0 aliphatic heterocycles. The molecular weight excluding hydrogens is 468 g/mol. The SMILES string of the molecule is Cc1cccc(-n2c(SCC(=O)N(CCC#N)c3ccccc3)nc3cc(Cl)ccc3c2=O)c1. The first-order chi connectivity index (χ1) is 16.5. The van der Waals surface area contributed by atoms with Gasteiger partial charge in [0, 0.05) is 17.3 Å². The molecular formula is C26H21ClN4O2S. The van der Waals surface area contributed by atoms with Crippen LogP contribution < -0.4 is 10.5 Å². The Bertz CT molecular complexity index is 1450. The summed E-state index contributed by atoms with van der Waals surface area (Å²) in [5, 5.41) is 10.4. The van der Waals surface area contributed by atoms with E-state index >= 15 is 0 Å². The molecule has 0 aliphatic rings. The molecule has 1 amide bonds. The topological polar surface area (TPSA) is 79.0 Å². The van der Waals surface area contributed by atoms with Gasteiger partial charge in [0.05, 0.1) is 34.8 Å². The van der Waals surface area contributed by atoms with E-state index in [1.54, 1.807) is 23.1 Å². The number of halogens is 1. The monoisotopic (exact) mass is 488 g/mol. The number of benzene rings is 3. The molecule has 0 fully saturated rings. The minimum absolute atomic E-state index is 0.0463. The average molecular weight is 489 g/mol. The Kier molecular flexibility index (Phi) is 7.31. The van der Waals surface area contributed by atoms with Crippen LogP contribution in [0.1, 0.15) is 12.0 Å². The highest BCUT2D eigenvalue weighted by Crippen LogP contribution is 2.25. The third-order valence-electron chi connectivity index (χ3n) is 5.20. The number of rotatable bonds is 7. The van der Waals surface area contributed by atoms with E-state index in [-0.39, 0.29) is 30.2 Å². The molecule has 4 aromatic rings. The van der Waals surface area contributed by atoms with Crippen molar-refractivity contribution < 1.29 is 4.79 Å². The lowest BCUT2D eigenvalue weighted by atomic mass is 10.2. The second kappa shape index (κ2) is 10.6. The fourth-order valence-corrected chi connectivity index (χ4v) is 4.66. The molecule has 8 heteroatoms. The van der Waals surface area contributed by atoms with Crippen molar-refractivity contribution in [2.75, 3.05) is 17.2 Å². The summed E-state index contributed by atoms with van der Waals surface area (Å²) in [5.74, 6) is -0.132. The first-order valence-corrected chi connectivity index (χ1v) is 12.0. The van der Waals surface area contributed by atoms with Gasteiger partial charge in [-0.2, -0.15) is 5.26 Å². The van der Waals surface area contributed by atoms with Gasteiger partial charge in [0.1, 0.15) is 0 Å². The third kappa shape index (κ3) is 5.14. The number of anilines is 1. The van der Waals surface area contributed by atoms with Gasteiger partial charge in [-0.05, 0) is 55.0 Å². The van der Waals surface area contributed by atoms with Gasteiger partial charge in [0.25, 0.3) is 5.56 Å². The molecule has 0 radical (unpaired) electrons. The Morgan fingerprint density at radius 2 is 1.91 bits per heavy atom. The van der Waals surface area contributed by atoms with Crippen molar-refractivity contribution in [1.82, 2.24) is 9.55 Å². The van der Waals surface area contributed by atoms with Crippen LogP contribution in [0.15, 0.2) is 82.7 Å². The van der Waals surface area contributed by atoms with Gasteiger partial charge < -0.3 is 4.90 Å². The third-order valence-corrected chi connectivity index (χ3v) is 6.36. The zero-order valence-electron chi connectivity index (χ0n) is 18.4. The quantitative estimate of drug-likeness (QED) is 0.257. The summed E-state index contributed by atoms with van der Waals surface area (Å²) in [4.78, 5) is 32.9. The fourth-order valence-electron chi connectivity index (χ4n) is 3.60. The molecule has 0 atom stereocenters. The van der Waals surface area contributed by atoms with Crippen LogP contribution >= 0.6 is 23.4 Å². The van der Waals surface area contributed by atoms with Crippen molar-refractivity contribution >= 4 is 45.9 Å². The van der Waals surface area contributed by atoms with E-state index in [0.717, 1.165) is 11.3 Å². The zero-order valence-corrected chi connectivity index (χ0v) is 20.0. The number of carbonyl (C=O) groups excluding carboxylic acids is 1. The molecule has 0 saturated carbocycles. The molecule has 1 aromatic heterocycles. The lowest BCUT2D eigenvalue weighted by Gasteiger charge is -2.22. The van der Waals surface area contributed by atoms with Gasteiger partial charge in [-0.25, -0.2) is 4.98 Å². The summed E-state index contributed by atoms with van der Waals surface area (Å²) < 4.78 is 1.53. The van der Waals surface area contributed by atoms with Crippen LogP contribution in [0.4, 0.5) is 5.69 Å². The maximum Gasteiger partial charge on any atom is 0.266 e. The van der Waals surface area contributed by atoms with E-state index in [1.165, 1.54) is 16.3 Å². The van der Waals surface area contributed by atoms with Crippen LogP contribution in [0, 0.1) is 18.3 Å². The average Bonchev–Trinajstić information content (AvgIpc) is 2.83. The Hall–Kier alpha value is -3.60. The van der Waals surface area contributed by atoms with Gasteiger partial charge in [-0.15, -0.1) is 0 Å². The van der Waals surface area contributed by atoms with E-state index < -0.39 is 0 Å². The lowest BCUT2D eigenvalue weighted by Crippen LogP contribution is -2.33. The normalized spacial score (nSPS) is 10.7. The molecule has 0 unspecified atom stereocenters. The van der Waals surface area contributed by atoms with Crippen molar-refractivity contribution in [3.05, 3.63) is 93.7 Å². The van der Waals surface area contributed by atoms with Crippen molar-refractivity contribution in [1.29, 1.82) is 5.26 Å². The van der Waals surface area contributed by atoms with Crippen LogP contribution in [-0.4, -0.2) is 27.8 Å². The van der Waals surface area contributed by atoms with Gasteiger partial charge in [0.15, 0.2) is 5.16 Å². The second-order valence-electron chi connectivity index (χ2n) is 7.61. The molecule has 4 rings (SSSR count). The van der Waals surface area contributed by atoms with Crippen LogP contribution in [0.3, 0.4) is 0 Å². The molecule has 34 heavy (non-hydrogen) atoms. The highest BCUT2D eigenvalue weighted by atomic mass is 35.5. The molecule has 0 N–H and O–H groups in total. The fraction of sp³-hybridized carbons (Fsp3) is 0.154. The molecule has 3 aromatic carbocycles. The van der Waals surface area contributed by atoms with Gasteiger partial charge in [-0.3, -0.25) is 14.2 Å². The molecule has 0 bridgehead atoms. The highest BCUT2D eigenvalue weighted by Gasteiger charge is 2.19. The largest absolute Gasteiger partial charge is 0.311 e. The van der Waals surface area contributed by atoms with Gasteiger partial charge in [0.2, 0.25) is 5.91 Å². The number of nitrogens with zero attached hydrogens (tertiary/aromatic N) is 4. The predicted molar refractivity (Wildman–Crippen MR) is 137 cm³/mol. The molecule has 170 valence electrons. The van der Waals surface area contributed by atoms with Crippen LogP contribution in [0.25, 0.3) is 16.6 Å². The molecule has 0 aliphatic carbocycles. The Morgan fingerprint density at radius 1 is 1.12 bits per heavy atom. The molecule has 1 heterocycles. The lowest BCUT2D eigenvalue weighted by molar-refractivity contribution is -0.116. The Labute approximate surface area is 206 Å². The number of nitriles is 1. The first kappa shape index (κ1) is 23.6. The standard InChI is InChI=1S/C26H21ClN4O2S/c1-18-7-5-10-21(15-18)31-25(33)22-12-11-19(27)16-23(22)29-26(31)34-17-24(32)30(14-6-13-28)20-8-3-2-4-9-20/h2-5,7-12,15-16H,6,14,17H2,1H3. The summed E-state index contributed by atoms with van der Waals surface area (Å²) in [6.07, 6.45) is 0.214. The predicted octanol–water partition coefficient (Wildman–Crippen LogP) is 5.39. The molecule has 6 nitrogen and oxygen atoms in total. The number of para-hydroxylation sites is 1. The van der Waals surface area contributed by atoms with Crippen LogP contribution in [0.5, 0.6) is 0 Å². The minimum Gasteiger partial charge on any atom is -0.311 e. The summed E-state index contributed by atoms with van der Waals surface area (Å²) in [6, 6.07) is 23.9. The van der Waals surface area contributed by atoms with Crippen molar-refractivity contribution in [2.24, 2.45) is 0 Å². The van der Waals surface area contributed by atoms with E-state index in [1.807, 2.05) is 61.5 Å². The number of hydrogen-bond donors (Lipinski definition) is 0. The van der Waals surface area contributed by atoms with Crippen molar-refractivity contribution in [3.8, 4) is 11.8 Å². The summed E-state index contributed by atoms with van der Waals surface area (Å²) in [7, 11) is 0. The number of aryl methyl sites for hydroxylation is 1. The number of aromatic nitrogens is 2. The molecule has 0 saturated heterocycles. The number of amides is 1. The minimum atomic E-state index is -0.230. The van der Waals surface area contributed by atoms with Crippen LogP contribution in [-0.2, 0) is 4.79 Å². The molecule has 0 spiro atoms. The zero-order chi connectivity index (χ0) is 24.1.